The normalized spacial score (nSPS) is 13.2. The third-order valence-electron chi connectivity index (χ3n) is 3.18. The number of hydrogen-bond acceptors (Lipinski definition) is 3. The van der Waals surface area contributed by atoms with Crippen molar-refractivity contribution in [3.63, 3.8) is 0 Å². The van der Waals surface area contributed by atoms with E-state index in [1.54, 1.807) is 11.3 Å². The van der Waals surface area contributed by atoms with Gasteiger partial charge < -0.3 is 5.73 Å². The lowest BCUT2D eigenvalue weighted by Crippen LogP contribution is -2.16. The van der Waals surface area contributed by atoms with Crippen molar-refractivity contribution >= 4 is 26.7 Å². The smallest absolute Gasteiger partial charge is 0.181 e. The van der Waals surface area contributed by atoms with E-state index >= 15 is 0 Å². The monoisotopic (exact) mass is 262 g/mol. The van der Waals surface area contributed by atoms with Crippen LogP contribution in [0, 0.1) is 0 Å². The molecule has 18 heavy (non-hydrogen) atoms. The van der Waals surface area contributed by atoms with E-state index in [9.17, 15) is 0 Å². The Morgan fingerprint density at radius 3 is 2.11 bits per heavy atom. The summed E-state index contributed by atoms with van der Waals surface area (Å²) in [7, 11) is 0. The van der Waals surface area contributed by atoms with Crippen LogP contribution in [0.15, 0.2) is 12.1 Å². The molecule has 0 aliphatic heterocycles. The highest BCUT2D eigenvalue weighted by molar-refractivity contribution is 7.22. The van der Waals surface area contributed by atoms with E-state index in [4.69, 9.17) is 5.73 Å². The topological polar surface area (TPSA) is 38.9 Å². The van der Waals surface area contributed by atoms with Gasteiger partial charge in [-0.1, -0.05) is 58.9 Å². The average molecular weight is 262 g/mol. The van der Waals surface area contributed by atoms with Gasteiger partial charge in [0, 0.05) is 0 Å². The van der Waals surface area contributed by atoms with Gasteiger partial charge >= 0.3 is 0 Å². The summed E-state index contributed by atoms with van der Waals surface area (Å²) in [6.45, 7) is 13.4. The van der Waals surface area contributed by atoms with Crippen LogP contribution in [0.25, 0.3) is 10.2 Å². The van der Waals surface area contributed by atoms with E-state index in [2.05, 4.69) is 58.7 Å². The molecule has 0 amide bonds. The minimum absolute atomic E-state index is 0.110. The number of rotatable bonds is 0. The third-order valence-corrected chi connectivity index (χ3v) is 4.11. The summed E-state index contributed by atoms with van der Waals surface area (Å²) in [6, 6.07) is 4.50. The van der Waals surface area contributed by atoms with Crippen LogP contribution in [0.3, 0.4) is 0 Å². The molecule has 1 heterocycles. The molecule has 0 unspecified atom stereocenters. The van der Waals surface area contributed by atoms with Gasteiger partial charge in [-0.15, -0.1) is 0 Å². The standard InChI is InChI=1S/C15H22N2S/c1-14(2,3)9-7-10(15(4,5)6)12-11(8-9)17-13(16)18-12/h7-8H,1-6H3,(H2,16,17). The highest BCUT2D eigenvalue weighted by Crippen LogP contribution is 2.38. The Labute approximate surface area is 113 Å². The summed E-state index contributed by atoms with van der Waals surface area (Å²) in [5, 5.41) is 0.654. The van der Waals surface area contributed by atoms with Crippen LogP contribution >= 0.6 is 11.3 Å². The minimum Gasteiger partial charge on any atom is -0.375 e. The van der Waals surface area contributed by atoms with Gasteiger partial charge in [-0.3, -0.25) is 0 Å². The lowest BCUT2D eigenvalue weighted by atomic mass is 9.80. The fourth-order valence-electron chi connectivity index (χ4n) is 2.04. The Balaban J connectivity index is 2.81. The van der Waals surface area contributed by atoms with Crippen molar-refractivity contribution in [2.75, 3.05) is 5.73 Å². The number of hydrogen-bond donors (Lipinski definition) is 1. The lowest BCUT2D eigenvalue weighted by Gasteiger charge is -2.25. The summed E-state index contributed by atoms with van der Waals surface area (Å²) in [5.41, 5.74) is 9.82. The predicted octanol–water partition coefficient (Wildman–Crippen LogP) is 4.47. The summed E-state index contributed by atoms with van der Waals surface area (Å²) in [4.78, 5) is 4.46. The van der Waals surface area contributed by atoms with Crippen molar-refractivity contribution < 1.29 is 0 Å². The molecular formula is C15H22N2S. The molecule has 0 fully saturated rings. The van der Waals surface area contributed by atoms with E-state index in [0.717, 1.165) is 5.52 Å². The van der Waals surface area contributed by atoms with E-state index in [-0.39, 0.29) is 10.8 Å². The van der Waals surface area contributed by atoms with Gasteiger partial charge in [0.05, 0.1) is 10.2 Å². The first-order chi connectivity index (χ1) is 8.09. The van der Waals surface area contributed by atoms with Gasteiger partial charge in [0.1, 0.15) is 0 Å². The number of nitrogen functional groups attached to an aromatic ring is 1. The molecule has 0 spiro atoms. The molecule has 2 aromatic rings. The lowest BCUT2D eigenvalue weighted by molar-refractivity contribution is 0.573. The molecule has 0 bridgehead atoms. The van der Waals surface area contributed by atoms with Crippen molar-refractivity contribution in [3.05, 3.63) is 23.3 Å². The zero-order valence-corrected chi connectivity index (χ0v) is 12.9. The molecule has 1 aromatic heterocycles. The number of nitrogens with zero attached hydrogens (tertiary/aromatic N) is 1. The Hall–Kier alpha value is -1.09. The van der Waals surface area contributed by atoms with Crippen molar-refractivity contribution in [1.29, 1.82) is 0 Å². The predicted molar refractivity (Wildman–Crippen MR) is 81.4 cm³/mol. The number of thiazole rings is 1. The molecule has 2 N–H and O–H groups in total. The van der Waals surface area contributed by atoms with Crippen molar-refractivity contribution in [3.8, 4) is 0 Å². The molecule has 0 aliphatic rings. The SMILES string of the molecule is CC(C)(C)c1cc(C(C)(C)C)c2sc(N)nc2c1. The Kier molecular flexibility index (Phi) is 2.93. The van der Waals surface area contributed by atoms with Gasteiger partial charge in [0.25, 0.3) is 0 Å². The largest absolute Gasteiger partial charge is 0.375 e. The second-order valence-electron chi connectivity index (χ2n) is 6.92. The molecule has 2 nitrogen and oxygen atoms in total. The maximum absolute atomic E-state index is 5.87. The first-order valence-corrected chi connectivity index (χ1v) is 7.12. The van der Waals surface area contributed by atoms with Crippen LogP contribution in [-0.2, 0) is 10.8 Å². The zero-order valence-electron chi connectivity index (χ0n) is 12.1. The minimum atomic E-state index is 0.110. The van der Waals surface area contributed by atoms with Crippen molar-refractivity contribution in [2.45, 2.75) is 52.4 Å². The Morgan fingerprint density at radius 1 is 1.00 bits per heavy atom. The maximum atomic E-state index is 5.87. The Morgan fingerprint density at radius 2 is 1.61 bits per heavy atom. The van der Waals surface area contributed by atoms with Gasteiger partial charge in [0.15, 0.2) is 5.13 Å². The molecular weight excluding hydrogens is 240 g/mol. The molecule has 0 aliphatic carbocycles. The quantitative estimate of drug-likeness (QED) is 0.760. The van der Waals surface area contributed by atoms with E-state index < -0.39 is 0 Å². The van der Waals surface area contributed by atoms with Crippen LogP contribution in [0.2, 0.25) is 0 Å². The molecule has 3 heteroatoms. The summed E-state index contributed by atoms with van der Waals surface area (Å²) < 4.78 is 1.23. The van der Waals surface area contributed by atoms with Crippen LogP contribution in [0.5, 0.6) is 0 Å². The van der Waals surface area contributed by atoms with Crippen LogP contribution < -0.4 is 5.73 Å². The number of aromatic nitrogens is 1. The second kappa shape index (κ2) is 3.95. The van der Waals surface area contributed by atoms with Gasteiger partial charge in [-0.2, -0.15) is 0 Å². The fraction of sp³-hybridized carbons (Fsp3) is 0.533. The highest BCUT2D eigenvalue weighted by atomic mass is 32.1. The van der Waals surface area contributed by atoms with Crippen molar-refractivity contribution in [2.24, 2.45) is 0 Å². The molecule has 2 rings (SSSR count). The Bertz CT molecular complexity index is 583. The molecule has 0 saturated heterocycles. The van der Waals surface area contributed by atoms with Crippen LogP contribution in [-0.4, -0.2) is 4.98 Å². The van der Waals surface area contributed by atoms with Crippen LogP contribution in [0.4, 0.5) is 5.13 Å². The molecule has 98 valence electrons. The zero-order chi connectivity index (χ0) is 13.7. The third kappa shape index (κ3) is 2.37. The second-order valence-corrected chi connectivity index (χ2v) is 7.95. The molecule has 0 atom stereocenters. The van der Waals surface area contributed by atoms with Gasteiger partial charge in [-0.05, 0) is 28.0 Å². The summed E-state index contributed by atoms with van der Waals surface area (Å²) >= 11 is 1.59. The molecule has 0 saturated carbocycles. The summed E-state index contributed by atoms with van der Waals surface area (Å²) in [5.74, 6) is 0. The fourth-order valence-corrected chi connectivity index (χ4v) is 3.08. The maximum Gasteiger partial charge on any atom is 0.181 e. The summed E-state index contributed by atoms with van der Waals surface area (Å²) in [6.07, 6.45) is 0. The number of benzene rings is 1. The van der Waals surface area contributed by atoms with Gasteiger partial charge in [-0.25, -0.2) is 4.98 Å². The first-order valence-electron chi connectivity index (χ1n) is 6.30. The molecule has 0 radical (unpaired) electrons. The number of anilines is 1. The molecule has 1 aromatic carbocycles. The van der Waals surface area contributed by atoms with Crippen molar-refractivity contribution in [1.82, 2.24) is 4.98 Å². The number of fused-ring (bicyclic) bond motifs is 1. The van der Waals surface area contributed by atoms with Crippen LogP contribution in [0.1, 0.15) is 52.7 Å². The highest BCUT2D eigenvalue weighted by Gasteiger charge is 2.23. The number of nitrogens with two attached hydrogens (primary N) is 1. The van der Waals surface area contributed by atoms with E-state index in [1.165, 1.54) is 15.8 Å². The van der Waals surface area contributed by atoms with Gasteiger partial charge in [0.2, 0.25) is 0 Å². The average Bonchev–Trinajstić information content (AvgIpc) is 2.52. The van der Waals surface area contributed by atoms with E-state index in [1.807, 2.05) is 0 Å². The first kappa shape index (κ1) is 13.3. The van der Waals surface area contributed by atoms with E-state index in [0.29, 0.717) is 5.13 Å².